The van der Waals surface area contributed by atoms with Gasteiger partial charge in [-0.25, -0.2) is 0 Å². The number of carboxylic acid groups (broad SMARTS) is 1. The van der Waals surface area contributed by atoms with Crippen LogP contribution in [0.15, 0.2) is 16.5 Å². The van der Waals surface area contributed by atoms with E-state index in [9.17, 15) is 14.7 Å². The van der Waals surface area contributed by atoms with Gasteiger partial charge in [0.2, 0.25) is 5.91 Å². The molecule has 1 fully saturated rings. The van der Waals surface area contributed by atoms with Gasteiger partial charge in [0, 0.05) is 6.42 Å². The van der Waals surface area contributed by atoms with Gasteiger partial charge in [-0.1, -0.05) is 25.7 Å². The van der Waals surface area contributed by atoms with E-state index in [-0.39, 0.29) is 12.3 Å². The fraction of sp³-hybridized carbons (Fsp3) is 0.625. The van der Waals surface area contributed by atoms with Crippen LogP contribution in [0, 0.1) is 12.3 Å². The van der Waals surface area contributed by atoms with Crippen molar-refractivity contribution in [1.82, 2.24) is 5.32 Å². The third-order valence-corrected chi connectivity index (χ3v) is 4.27. The minimum atomic E-state index is -0.889. The molecule has 1 saturated carbocycles. The second-order valence-electron chi connectivity index (χ2n) is 5.97. The standard InChI is InChI=1S/C16H23NO4/c1-12-6-7-13(21-12)11-17-14(18)10-16(15(19)20)8-4-2-3-5-9-16/h6-7H,2-5,8-11H2,1H3,(H,17,18)(H,19,20). The van der Waals surface area contributed by atoms with E-state index >= 15 is 0 Å². The van der Waals surface area contributed by atoms with Crippen molar-refractivity contribution in [3.63, 3.8) is 0 Å². The molecule has 0 spiro atoms. The van der Waals surface area contributed by atoms with E-state index in [1.54, 1.807) is 0 Å². The molecule has 0 aliphatic heterocycles. The van der Waals surface area contributed by atoms with Crippen LogP contribution < -0.4 is 5.32 Å². The normalized spacial score (nSPS) is 18.0. The number of rotatable bonds is 5. The van der Waals surface area contributed by atoms with Crippen molar-refractivity contribution in [2.45, 2.75) is 58.4 Å². The smallest absolute Gasteiger partial charge is 0.310 e. The third-order valence-electron chi connectivity index (χ3n) is 4.27. The monoisotopic (exact) mass is 293 g/mol. The number of aliphatic carboxylic acids is 1. The highest BCUT2D eigenvalue weighted by molar-refractivity contribution is 5.84. The fourth-order valence-corrected chi connectivity index (χ4v) is 3.01. The maximum absolute atomic E-state index is 12.1. The summed E-state index contributed by atoms with van der Waals surface area (Å²) in [6.07, 6.45) is 5.13. The Morgan fingerprint density at radius 1 is 1.24 bits per heavy atom. The average Bonchev–Trinajstić information content (AvgIpc) is 2.71. The van der Waals surface area contributed by atoms with Gasteiger partial charge < -0.3 is 14.8 Å². The van der Waals surface area contributed by atoms with Crippen LogP contribution in [0.5, 0.6) is 0 Å². The molecule has 1 aromatic heterocycles. The van der Waals surface area contributed by atoms with E-state index in [2.05, 4.69) is 5.32 Å². The topological polar surface area (TPSA) is 79.5 Å². The molecule has 0 aromatic carbocycles. The van der Waals surface area contributed by atoms with E-state index in [0.29, 0.717) is 25.1 Å². The zero-order valence-corrected chi connectivity index (χ0v) is 12.5. The maximum Gasteiger partial charge on any atom is 0.310 e. The number of aryl methyl sites for hydroxylation is 1. The molecule has 5 nitrogen and oxygen atoms in total. The summed E-state index contributed by atoms with van der Waals surface area (Å²) >= 11 is 0. The van der Waals surface area contributed by atoms with E-state index in [1.807, 2.05) is 19.1 Å². The van der Waals surface area contributed by atoms with Crippen molar-refractivity contribution in [1.29, 1.82) is 0 Å². The van der Waals surface area contributed by atoms with Crippen LogP contribution in [-0.2, 0) is 16.1 Å². The molecule has 116 valence electrons. The van der Waals surface area contributed by atoms with Crippen molar-refractivity contribution in [3.8, 4) is 0 Å². The number of hydrogen-bond acceptors (Lipinski definition) is 3. The van der Waals surface area contributed by atoms with Crippen molar-refractivity contribution in [2.75, 3.05) is 0 Å². The third kappa shape index (κ3) is 4.09. The summed E-state index contributed by atoms with van der Waals surface area (Å²) in [5.74, 6) is 0.429. The van der Waals surface area contributed by atoms with Crippen LogP contribution in [0.25, 0.3) is 0 Å². The molecule has 0 unspecified atom stereocenters. The quantitative estimate of drug-likeness (QED) is 0.818. The molecule has 0 bridgehead atoms. The van der Waals surface area contributed by atoms with Gasteiger partial charge in [-0.2, -0.15) is 0 Å². The molecular formula is C16H23NO4. The largest absolute Gasteiger partial charge is 0.481 e. The molecule has 0 radical (unpaired) electrons. The van der Waals surface area contributed by atoms with Gasteiger partial charge in [0.25, 0.3) is 0 Å². The zero-order valence-electron chi connectivity index (χ0n) is 12.5. The number of carboxylic acids is 1. The Bertz CT molecular complexity index is 498. The molecular weight excluding hydrogens is 270 g/mol. The van der Waals surface area contributed by atoms with Crippen molar-refractivity contribution in [3.05, 3.63) is 23.7 Å². The first-order valence-electron chi connectivity index (χ1n) is 7.57. The number of carbonyl (C=O) groups is 2. The van der Waals surface area contributed by atoms with E-state index in [0.717, 1.165) is 31.4 Å². The van der Waals surface area contributed by atoms with Gasteiger partial charge in [-0.15, -0.1) is 0 Å². The minimum absolute atomic E-state index is 0.0576. The number of amides is 1. The molecule has 1 aliphatic carbocycles. The fourth-order valence-electron chi connectivity index (χ4n) is 3.01. The highest BCUT2D eigenvalue weighted by Gasteiger charge is 2.40. The first-order chi connectivity index (χ1) is 10.0. The van der Waals surface area contributed by atoms with Crippen LogP contribution in [0.1, 0.15) is 56.5 Å². The highest BCUT2D eigenvalue weighted by Crippen LogP contribution is 2.38. The molecule has 1 heterocycles. The lowest BCUT2D eigenvalue weighted by Gasteiger charge is -2.27. The summed E-state index contributed by atoms with van der Waals surface area (Å²) in [6.45, 7) is 2.15. The van der Waals surface area contributed by atoms with Gasteiger partial charge >= 0.3 is 5.97 Å². The first kappa shape index (κ1) is 15.6. The van der Waals surface area contributed by atoms with E-state index in [1.165, 1.54) is 0 Å². The van der Waals surface area contributed by atoms with Crippen LogP contribution >= 0.6 is 0 Å². The van der Waals surface area contributed by atoms with Gasteiger partial charge in [0.15, 0.2) is 0 Å². The summed E-state index contributed by atoms with van der Waals surface area (Å²) in [5.41, 5.74) is -0.889. The number of hydrogen-bond donors (Lipinski definition) is 2. The van der Waals surface area contributed by atoms with Crippen LogP contribution in [0.4, 0.5) is 0 Å². The van der Waals surface area contributed by atoms with Gasteiger partial charge in [-0.3, -0.25) is 9.59 Å². The van der Waals surface area contributed by atoms with E-state index in [4.69, 9.17) is 4.42 Å². The molecule has 21 heavy (non-hydrogen) atoms. The lowest BCUT2D eigenvalue weighted by molar-refractivity contribution is -0.152. The van der Waals surface area contributed by atoms with Crippen LogP contribution in [0.2, 0.25) is 0 Å². The summed E-state index contributed by atoms with van der Waals surface area (Å²) in [5, 5.41) is 12.3. The lowest BCUT2D eigenvalue weighted by atomic mass is 9.77. The summed E-state index contributed by atoms with van der Waals surface area (Å²) < 4.78 is 5.39. The molecule has 2 rings (SSSR count). The van der Waals surface area contributed by atoms with Gasteiger partial charge in [-0.05, 0) is 31.9 Å². The van der Waals surface area contributed by atoms with Crippen molar-refractivity contribution >= 4 is 11.9 Å². The SMILES string of the molecule is Cc1ccc(CNC(=O)CC2(C(=O)O)CCCCCC2)o1. The molecule has 0 saturated heterocycles. The predicted molar refractivity (Wildman–Crippen MR) is 77.7 cm³/mol. The number of nitrogens with one attached hydrogen (secondary N) is 1. The number of carbonyl (C=O) groups excluding carboxylic acids is 1. The summed E-state index contributed by atoms with van der Waals surface area (Å²) in [4.78, 5) is 23.7. The highest BCUT2D eigenvalue weighted by atomic mass is 16.4. The maximum atomic E-state index is 12.1. The van der Waals surface area contributed by atoms with E-state index < -0.39 is 11.4 Å². The average molecular weight is 293 g/mol. The Morgan fingerprint density at radius 3 is 2.43 bits per heavy atom. The molecule has 5 heteroatoms. The Labute approximate surface area is 124 Å². The molecule has 1 aromatic rings. The molecule has 0 atom stereocenters. The second-order valence-corrected chi connectivity index (χ2v) is 5.97. The Balaban J connectivity index is 1.93. The Hall–Kier alpha value is -1.78. The van der Waals surface area contributed by atoms with Crippen LogP contribution in [-0.4, -0.2) is 17.0 Å². The van der Waals surface area contributed by atoms with Gasteiger partial charge in [0.1, 0.15) is 11.5 Å². The molecule has 1 amide bonds. The Kier molecular flexibility index (Phi) is 5.04. The summed E-state index contributed by atoms with van der Waals surface area (Å²) in [6, 6.07) is 3.65. The van der Waals surface area contributed by atoms with Gasteiger partial charge in [0.05, 0.1) is 12.0 Å². The molecule has 1 aliphatic rings. The Morgan fingerprint density at radius 2 is 1.90 bits per heavy atom. The zero-order chi connectivity index (χ0) is 15.3. The van der Waals surface area contributed by atoms with Crippen molar-refractivity contribution in [2.24, 2.45) is 5.41 Å². The minimum Gasteiger partial charge on any atom is -0.481 e. The first-order valence-corrected chi connectivity index (χ1v) is 7.57. The second kappa shape index (κ2) is 6.78. The molecule has 2 N–H and O–H groups in total. The number of furan rings is 1. The van der Waals surface area contributed by atoms with Crippen molar-refractivity contribution < 1.29 is 19.1 Å². The summed E-state index contributed by atoms with van der Waals surface area (Å²) in [7, 11) is 0. The van der Waals surface area contributed by atoms with Crippen LogP contribution in [0.3, 0.4) is 0 Å². The lowest BCUT2D eigenvalue weighted by Crippen LogP contribution is -2.37. The predicted octanol–water partition coefficient (Wildman–Crippen LogP) is 3.02.